The molecule has 7 nitrogen and oxygen atoms in total. The van der Waals surface area contributed by atoms with Gasteiger partial charge in [0.2, 0.25) is 5.91 Å². The number of aromatic nitrogens is 2. The number of hydrogen-bond donors (Lipinski definition) is 1. The Hall–Kier alpha value is -2.67. The van der Waals surface area contributed by atoms with E-state index in [-0.39, 0.29) is 17.9 Å². The van der Waals surface area contributed by atoms with Gasteiger partial charge in [-0.2, -0.15) is 5.10 Å². The second-order valence-corrected chi connectivity index (χ2v) is 11.3. The average Bonchev–Trinajstić information content (AvgIpc) is 3.20. The van der Waals surface area contributed by atoms with Crippen LogP contribution in [0.1, 0.15) is 79.2 Å². The van der Waals surface area contributed by atoms with Crippen molar-refractivity contribution >= 4 is 11.8 Å². The summed E-state index contributed by atoms with van der Waals surface area (Å²) < 4.78 is 1.99. The van der Waals surface area contributed by atoms with E-state index in [1.54, 1.807) is 0 Å². The Balaban J connectivity index is 1.25. The highest BCUT2D eigenvalue weighted by molar-refractivity contribution is 5.94. The van der Waals surface area contributed by atoms with Gasteiger partial charge in [-0.15, -0.1) is 0 Å². The molecule has 7 heteroatoms. The van der Waals surface area contributed by atoms with Crippen molar-refractivity contribution in [3.8, 4) is 0 Å². The van der Waals surface area contributed by atoms with Gasteiger partial charge in [-0.05, 0) is 96.4 Å². The Kier molecular flexibility index (Phi) is 7.98. The van der Waals surface area contributed by atoms with Crippen LogP contribution in [0.25, 0.3) is 0 Å². The number of carbonyl (C=O) groups excluding carboxylic acids is 2. The number of aryl methyl sites for hydroxylation is 2. The van der Waals surface area contributed by atoms with Crippen molar-refractivity contribution in [2.24, 2.45) is 11.8 Å². The summed E-state index contributed by atoms with van der Waals surface area (Å²) in [5.41, 5.74) is 4.01. The number of hydrogen-bond acceptors (Lipinski definition) is 4. The van der Waals surface area contributed by atoms with Crippen LogP contribution < -0.4 is 5.32 Å². The maximum atomic E-state index is 13.7. The molecule has 0 radical (unpaired) electrons. The minimum Gasteiger partial charge on any atom is -0.352 e. The summed E-state index contributed by atoms with van der Waals surface area (Å²) in [6.45, 7) is 10.8. The highest BCUT2D eigenvalue weighted by Crippen LogP contribution is 2.43. The fourth-order valence-electron chi connectivity index (χ4n) is 7.39. The predicted octanol–water partition coefficient (Wildman–Crippen LogP) is 4.32. The molecule has 5 rings (SSSR count). The monoisotopic (exact) mass is 505 g/mol. The Morgan fingerprint density at radius 2 is 1.84 bits per heavy atom. The molecule has 3 saturated heterocycles. The van der Waals surface area contributed by atoms with E-state index < -0.39 is 0 Å². The molecule has 3 fully saturated rings. The highest BCUT2D eigenvalue weighted by Gasteiger charge is 2.49. The van der Waals surface area contributed by atoms with E-state index in [0.29, 0.717) is 30.8 Å². The van der Waals surface area contributed by atoms with Gasteiger partial charge in [-0.3, -0.25) is 19.2 Å². The lowest BCUT2D eigenvalue weighted by atomic mass is 9.69. The van der Waals surface area contributed by atoms with Crippen molar-refractivity contribution in [3.05, 3.63) is 52.8 Å². The normalized spacial score (nSPS) is 25.5. The number of carbonyl (C=O) groups is 2. The molecule has 1 aromatic carbocycles. The van der Waals surface area contributed by atoms with Crippen molar-refractivity contribution in [3.63, 3.8) is 0 Å². The molecule has 3 aliphatic rings. The third-order valence-electron chi connectivity index (χ3n) is 9.15. The minimum atomic E-state index is 0.0839. The van der Waals surface area contributed by atoms with Gasteiger partial charge >= 0.3 is 0 Å². The molecule has 4 atom stereocenters. The zero-order valence-corrected chi connectivity index (χ0v) is 22.8. The van der Waals surface area contributed by atoms with Crippen molar-refractivity contribution < 1.29 is 9.59 Å². The first-order valence-electron chi connectivity index (χ1n) is 14.4. The molecule has 0 spiro atoms. The van der Waals surface area contributed by atoms with Crippen LogP contribution in [0.15, 0.2) is 30.3 Å². The van der Waals surface area contributed by atoms with E-state index in [9.17, 15) is 9.59 Å². The molecular formula is C30H43N5O2. The van der Waals surface area contributed by atoms with Gasteiger partial charge in [0.1, 0.15) is 0 Å². The summed E-state index contributed by atoms with van der Waals surface area (Å²) in [5, 5.41) is 7.69. The second-order valence-electron chi connectivity index (χ2n) is 11.3. The van der Waals surface area contributed by atoms with Crippen molar-refractivity contribution in [1.82, 2.24) is 24.9 Å². The van der Waals surface area contributed by atoms with E-state index in [4.69, 9.17) is 0 Å². The number of nitrogens with zero attached hydrogens (tertiary/aromatic N) is 4. The van der Waals surface area contributed by atoms with Gasteiger partial charge in [0.05, 0.1) is 5.69 Å². The summed E-state index contributed by atoms with van der Waals surface area (Å²) >= 11 is 0. The summed E-state index contributed by atoms with van der Waals surface area (Å²) in [6.07, 6.45) is 7.04. The molecular weight excluding hydrogens is 462 g/mol. The smallest absolute Gasteiger partial charge is 0.254 e. The maximum Gasteiger partial charge on any atom is 0.254 e. The molecule has 0 unspecified atom stereocenters. The fraction of sp³-hybridized carbons (Fsp3) is 0.633. The van der Waals surface area contributed by atoms with Crippen LogP contribution in [0, 0.1) is 25.7 Å². The number of nitrogens with one attached hydrogen (secondary N) is 1. The van der Waals surface area contributed by atoms with Crippen LogP contribution in [0.4, 0.5) is 0 Å². The molecule has 2 amide bonds. The first-order valence-corrected chi connectivity index (χ1v) is 14.4. The van der Waals surface area contributed by atoms with Crippen molar-refractivity contribution in [2.75, 3.05) is 19.6 Å². The summed E-state index contributed by atoms with van der Waals surface area (Å²) in [6, 6.07) is 10.6. The van der Waals surface area contributed by atoms with Gasteiger partial charge in [-0.25, -0.2) is 0 Å². The summed E-state index contributed by atoms with van der Waals surface area (Å²) in [5.74, 6) is 1.33. The Morgan fingerprint density at radius 3 is 2.57 bits per heavy atom. The first-order chi connectivity index (χ1) is 18.0. The van der Waals surface area contributed by atoms with E-state index in [1.165, 1.54) is 38.8 Å². The van der Waals surface area contributed by atoms with Gasteiger partial charge in [-0.1, -0.05) is 18.2 Å². The second kappa shape index (κ2) is 11.4. The predicted molar refractivity (Wildman–Crippen MR) is 145 cm³/mol. The number of rotatable bonds is 8. The minimum absolute atomic E-state index is 0.0839. The van der Waals surface area contributed by atoms with E-state index in [1.807, 2.05) is 41.9 Å². The van der Waals surface area contributed by atoms with Crippen molar-refractivity contribution in [2.45, 2.75) is 90.9 Å². The molecule has 4 heterocycles. The summed E-state index contributed by atoms with van der Waals surface area (Å²) in [7, 11) is 0. The lowest BCUT2D eigenvalue weighted by Crippen LogP contribution is -2.65. The Morgan fingerprint density at radius 1 is 1.08 bits per heavy atom. The van der Waals surface area contributed by atoms with Crippen LogP contribution in [0.5, 0.6) is 0 Å². The number of amides is 2. The van der Waals surface area contributed by atoms with Crippen LogP contribution in [-0.2, 0) is 17.9 Å². The molecule has 1 N–H and O–H groups in total. The molecule has 0 bridgehead atoms. The van der Waals surface area contributed by atoms with Gasteiger partial charge in [0.25, 0.3) is 5.91 Å². The van der Waals surface area contributed by atoms with Crippen molar-refractivity contribution in [1.29, 1.82) is 0 Å². The number of benzene rings is 1. The van der Waals surface area contributed by atoms with Crippen LogP contribution in [0.2, 0.25) is 0 Å². The van der Waals surface area contributed by atoms with E-state index in [2.05, 4.69) is 34.1 Å². The number of likely N-dealkylation sites (tertiary alicyclic amines) is 1. The van der Waals surface area contributed by atoms with Gasteiger partial charge < -0.3 is 10.2 Å². The SMILES string of the molecule is CCn1nc(C)c(CNC(=O)CCC[C@@H]2[C@H]3CCCN4CCC[C@@H](CN2C(=O)c2ccccc2)[C@@H]34)c1C. The third-order valence-corrected chi connectivity index (χ3v) is 9.15. The van der Waals surface area contributed by atoms with Crippen LogP contribution in [0.3, 0.4) is 0 Å². The molecule has 0 aliphatic carbocycles. The lowest BCUT2D eigenvalue weighted by molar-refractivity contribution is -0.121. The van der Waals surface area contributed by atoms with Gasteiger partial charge in [0, 0.05) is 55.0 Å². The molecule has 3 aliphatic heterocycles. The fourth-order valence-corrected chi connectivity index (χ4v) is 7.39. The van der Waals surface area contributed by atoms with Crippen LogP contribution >= 0.6 is 0 Å². The average molecular weight is 506 g/mol. The Labute approximate surface area is 221 Å². The van der Waals surface area contributed by atoms with E-state index in [0.717, 1.165) is 48.4 Å². The first kappa shape index (κ1) is 26.0. The quantitative estimate of drug-likeness (QED) is 0.580. The molecule has 0 saturated carbocycles. The van der Waals surface area contributed by atoms with Gasteiger partial charge in [0.15, 0.2) is 0 Å². The molecule has 1 aromatic heterocycles. The highest BCUT2D eigenvalue weighted by atomic mass is 16.2. The molecule has 2 aromatic rings. The molecule has 37 heavy (non-hydrogen) atoms. The number of piperidine rings is 3. The molecule has 200 valence electrons. The summed E-state index contributed by atoms with van der Waals surface area (Å²) in [4.78, 5) is 31.4. The zero-order chi connectivity index (χ0) is 25.9. The lowest BCUT2D eigenvalue weighted by Gasteiger charge is -2.57. The van der Waals surface area contributed by atoms with E-state index >= 15 is 0 Å². The zero-order valence-electron chi connectivity index (χ0n) is 22.8. The van der Waals surface area contributed by atoms with Crippen LogP contribution in [-0.4, -0.2) is 63.1 Å². The Bertz CT molecular complexity index is 1090. The topological polar surface area (TPSA) is 70.5 Å². The standard InChI is InChI=1S/C30H43N5O2/c1-4-35-22(3)26(21(2)32-35)19-31-28(36)16-8-15-27-25-14-10-18-33-17-9-13-24(29(25)33)20-34(27)30(37)23-11-6-5-7-12-23/h5-7,11-12,24-25,27,29H,4,8-10,13-20H2,1-3H3,(H,31,36)/t24-,25+,27+,29-/m0/s1. The maximum absolute atomic E-state index is 13.7. The largest absolute Gasteiger partial charge is 0.352 e. The third kappa shape index (κ3) is 5.33.